The average molecular weight is 466 g/mol. The van der Waals surface area contributed by atoms with Crippen molar-refractivity contribution < 1.29 is 29.1 Å². The molecule has 0 aliphatic rings. The number of esters is 1. The van der Waals surface area contributed by atoms with Crippen molar-refractivity contribution in [3.8, 4) is 0 Å². The summed E-state index contributed by atoms with van der Waals surface area (Å²) in [5, 5.41) is 14.5. The lowest BCUT2D eigenvalue weighted by molar-refractivity contribution is -0.149. The standard InChI is InChI=1S/C24H39N3O6/c1-5-32-23(30)20(17-33-24(2,3)4)25-16-18-11-10-12-19(15-18)26-21(28)13-8-6-7-9-14-22(29)27-31/h10-12,15,20,25,31H,5-9,13-14,16-17H2,1-4H3,(H,26,28)(H,27,29). The quantitative estimate of drug-likeness (QED) is 0.135. The van der Waals surface area contributed by atoms with Crippen LogP contribution in [0.2, 0.25) is 0 Å². The van der Waals surface area contributed by atoms with Gasteiger partial charge in [0.1, 0.15) is 6.04 Å². The van der Waals surface area contributed by atoms with Gasteiger partial charge in [0.05, 0.1) is 18.8 Å². The van der Waals surface area contributed by atoms with Crippen LogP contribution in [0, 0.1) is 0 Å². The number of anilines is 1. The van der Waals surface area contributed by atoms with Crippen LogP contribution in [0.25, 0.3) is 0 Å². The first-order valence-corrected chi connectivity index (χ1v) is 11.5. The van der Waals surface area contributed by atoms with Crippen LogP contribution in [-0.4, -0.2) is 47.8 Å². The Balaban J connectivity index is 2.48. The maximum Gasteiger partial charge on any atom is 0.325 e. The van der Waals surface area contributed by atoms with Crippen LogP contribution >= 0.6 is 0 Å². The number of unbranched alkanes of at least 4 members (excludes halogenated alkanes) is 3. The van der Waals surface area contributed by atoms with Crippen molar-refractivity contribution in [1.29, 1.82) is 0 Å². The highest BCUT2D eigenvalue weighted by molar-refractivity contribution is 5.90. The van der Waals surface area contributed by atoms with E-state index in [0.29, 0.717) is 31.7 Å². The van der Waals surface area contributed by atoms with E-state index in [1.165, 1.54) is 0 Å². The molecule has 0 saturated carbocycles. The van der Waals surface area contributed by atoms with Crippen molar-refractivity contribution >= 4 is 23.5 Å². The summed E-state index contributed by atoms with van der Waals surface area (Å²) in [5.41, 5.74) is 2.85. The fourth-order valence-electron chi connectivity index (χ4n) is 2.99. The smallest absolute Gasteiger partial charge is 0.325 e. The number of rotatable bonds is 15. The molecule has 0 aromatic heterocycles. The van der Waals surface area contributed by atoms with Gasteiger partial charge in [0.15, 0.2) is 0 Å². The zero-order valence-electron chi connectivity index (χ0n) is 20.2. The van der Waals surface area contributed by atoms with Gasteiger partial charge in [-0.3, -0.25) is 24.9 Å². The molecule has 0 fully saturated rings. The number of carbonyl (C=O) groups excluding carboxylic acids is 3. The van der Waals surface area contributed by atoms with E-state index in [-0.39, 0.29) is 30.5 Å². The third-order valence-electron chi connectivity index (χ3n) is 4.70. The summed E-state index contributed by atoms with van der Waals surface area (Å²) in [6, 6.07) is 6.86. The summed E-state index contributed by atoms with van der Waals surface area (Å²) in [7, 11) is 0. The first kappa shape index (κ1) is 28.5. The number of hydrogen-bond acceptors (Lipinski definition) is 7. The van der Waals surface area contributed by atoms with E-state index >= 15 is 0 Å². The molecule has 9 nitrogen and oxygen atoms in total. The predicted octanol–water partition coefficient (Wildman–Crippen LogP) is 3.31. The molecule has 2 amide bonds. The van der Waals surface area contributed by atoms with Gasteiger partial charge in [-0.25, -0.2) is 5.48 Å². The first-order valence-electron chi connectivity index (χ1n) is 11.5. The average Bonchev–Trinajstić information content (AvgIpc) is 2.75. The van der Waals surface area contributed by atoms with Crippen molar-refractivity contribution in [3.63, 3.8) is 0 Å². The van der Waals surface area contributed by atoms with E-state index in [1.54, 1.807) is 12.4 Å². The van der Waals surface area contributed by atoms with E-state index in [0.717, 1.165) is 24.8 Å². The Morgan fingerprint density at radius 1 is 1.03 bits per heavy atom. The number of ether oxygens (including phenoxy) is 2. The fourth-order valence-corrected chi connectivity index (χ4v) is 2.99. The fraction of sp³-hybridized carbons (Fsp3) is 0.625. The molecule has 9 heteroatoms. The van der Waals surface area contributed by atoms with E-state index < -0.39 is 11.9 Å². The van der Waals surface area contributed by atoms with Crippen LogP contribution < -0.4 is 16.1 Å². The summed E-state index contributed by atoms with van der Waals surface area (Å²) in [4.78, 5) is 35.4. The lowest BCUT2D eigenvalue weighted by Crippen LogP contribution is -2.43. The zero-order chi connectivity index (χ0) is 24.7. The van der Waals surface area contributed by atoms with E-state index in [4.69, 9.17) is 14.7 Å². The second-order valence-electron chi connectivity index (χ2n) is 8.81. The van der Waals surface area contributed by atoms with Gasteiger partial charge in [-0.05, 0) is 58.2 Å². The Kier molecular flexibility index (Phi) is 13.3. The summed E-state index contributed by atoms with van der Waals surface area (Å²) < 4.78 is 10.9. The molecule has 0 bridgehead atoms. The molecule has 1 aromatic rings. The molecule has 0 aliphatic carbocycles. The van der Waals surface area contributed by atoms with Crippen molar-refractivity contribution in [3.05, 3.63) is 29.8 Å². The van der Waals surface area contributed by atoms with Gasteiger partial charge in [0.25, 0.3) is 0 Å². The molecule has 0 aliphatic heterocycles. The monoisotopic (exact) mass is 465 g/mol. The van der Waals surface area contributed by atoms with Gasteiger partial charge in [-0.15, -0.1) is 0 Å². The van der Waals surface area contributed by atoms with Crippen LogP contribution in [0.4, 0.5) is 5.69 Å². The molecule has 0 radical (unpaired) electrons. The van der Waals surface area contributed by atoms with Crippen molar-refractivity contribution in [2.24, 2.45) is 0 Å². The molecular weight excluding hydrogens is 426 g/mol. The molecule has 0 heterocycles. The minimum absolute atomic E-state index is 0.0730. The van der Waals surface area contributed by atoms with E-state index in [9.17, 15) is 14.4 Å². The minimum atomic E-state index is -0.592. The van der Waals surface area contributed by atoms with Crippen LogP contribution in [-0.2, 0) is 30.4 Å². The maximum absolute atomic E-state index is 12.3. The maximum atomic E-state index is 12.3. The molecule has 0 saturated heterocycles. The van der Waals surface area contributed by atoms with Crippen LogP contribution in [0.1, 0.15) is 71.8 Å². The Bertz CT molecular complexity index is 748. The van der Waals surface area contributed by atoms with Gasteiger partial charge in [-0.1, -0.05) is 25.0 Å². The molecule has 186 valence electrons. The van der Waals surface area contributed by atoms with E-state index in [2.05, 4.69) is 10.6 Å². The summed E-state index contributed by atoms with van der Waals surface area (Å²) >= 11 is 0. The van der Waals surface area contributed by atoms with Crippen molar-refractivity contribution in [1.82, 2.24) is 10.8 Å². The van der Waals surface area contributed by atoms with Gasteiger partial charge in [-0.2, -0.15) is 0 Å². The lowest BCUT2D eigenvalue weighted by Gasteiger charge is -2.24. The highest BCUT2D eigenvalue weighted by Crippen LogP contribution is 2.13. The van der Waals surface area contributed by atoms with E-state index in [1.807, 2.05) is 45.0 Å². The highest BCUT2D eigenvalue weighted by Gasteiger charge is 2.22. The third-order valence-corrected chi connectivity index (χ3v) is 4.70. The predicted molar refractivity (Wildman–Crippen MR) is 126 cm³/mol. The molecule has 1 rings (SSSR count). The van der Waals surface area contributed by atoms with Gasteiger partial charge >= 0.3 is 5.97 Å². The number of nitrogens with one attached hydrogen (secondary N) is 3. The van der Waals surface area contributed by atoms with Gasteiger partial charge < -0.3 is 14.8 Å². The topological polar surface area (TPSA) is 126 Å². The first-order chi connectivity index (χ1) is 15.6. The Morgan fingerprint density at radius 2 is 1.70 bits per heavy atom. The Labute approximate surface area is 196 Å². The summed E-state index contributed by atoms with van der Waals surface area (Å²) in [6.07, 6.45) is 3.73. The SMILES string of the molecule is CCOC(=O)C(COC(C)(C)C)NCc1cccc(NC(=O)CCCCCCC(=O)NO)c1. The molecule has 1 atom stereocenters. The van der Waals surface area contributed by atoms with Crippen LogP contribution in [0.15, 0.2) is 24.3 Å². The normalized spacial score (nSPS) is 12.2. The molecule has 0 spiro atoms. The lowest BCUT2D eigenvalue weighted by atomic mass is 10.1. The highest BCUT2D eigenvalue weighted by atomic mass is 16.5. The van der Waals surface area contributed by atoms with Crippen LogP contribution in [0.3, 0.4) is 0 Å². The van der Waals surface area contributed by atoms with Gasteiger partial charge in [0.2, 0.25) is 11.8 Å². The molecule has 33 heavy (non-hydrogen) atoms. The van der Waals surface area contributed by atoms with Crippen molar-refractivity contribution in [2.45, 2.75) is 84.4 Å². The molecule has 1 unspecified atom stereocenters. The second-order valence-corrected chi connectivity index (χ2v) is 8.81. The Hall–Kier alpha value is -2.49. The number of amides is 2. The molecule has 4 N–H and O–H groups in total. The molecular formula is C24H39N3O6. The summed E-state index contributed by atoms with van der Waals surface area (Å²) in [6.45, 7) is 8.46. The third kappa shape index (κ3) is 13.6. The number of benzene rings is 1. The van der Waals surface area contributed by atoms with Crippen molar-refractivity contribution in [2.75, 3.05) is 18.5 Å². The Morgan fingerprint density at radius 3 is 2.30 bits per heavy atom. The van der Waals surface area contributed by atoms with Gasteiger partial charge in [0, 0.05) is 25.1 Å². The number of carbonyl (C=O) groups is 3. The minimum Gasteiger partial charge on any atom is -0.465 e. The van der Waals surface area contributed by atoms with Crippen LogP contribution in [0.5, 0.6) is 0 Å². The zero-order valence-corrected chi connectivity index (χ0v) is 20.2. The number of hydroxylamine groups is 1. The molecule has 1 aromatic carbocycles. The summed E-state index contributed by atoms with van der Waals surface area (Å²) in [5.74, 6) is -0.822. The largest absolute Gasteiger partial charge is 0.465 e. The number of hydrogen-bond donors (Lipinski definition) is 4. The second kappa shape index (κ2) is 15.4.